The first-order chi connectivity index (χ1) is 13.2. The second kappa shape index (κ2) is 8.83. The summed E-state index contributed by atoms with van der Waals surface area (Å²) in [7, 11) is 0.551. The van der Waals surface area contributed by atoms with Gasteiger partial charge in [0.25, 0.3) is 0 Å². The summed E-state index contributed by atoms with van der Waals surface area (Å²) in [6.45, 7) is 1.49. The van der Waals surface area contributed by atoms with Gasteiger partial charge in [-0.2, -0.15) is 0 Å². The average Bonchev–Trinajstić information content (AvgIpc) is 2.67. The first-order valence-corrected chi connectivity index (χ1v) is 10.2. The lowest BCUT2D eigenvalue weighted by Crippen LogP contribution is -2.45. The van der Waals surface area contributed by atoms with Crippen LogP contribution in [0.1, 0.15) is 6.92 Å². The molecule has 2 aromatic carbocycles. The number of hydrogen-bond acceptors (Lipinski definition) is 6. The van der Waals surface area contributed by atoms with Crippen molar-refractivity contribution in [2.45, 2.75) is 13.0 Å². The lowest BCUT2D eigenvalue weighted by molar-refractivity contribution is -0.116. The highest BCUT2D eigenvalue weighted by atomic mass is 32.2. The van der Waals surface area contributed by atoms with Gasteiger partial charge in [-0.15, -0.1) is 0 Å². The minimum absolute atomic E-state index is 0.201. The number of sulfonamides is 1. The normalized spacial score (nSPS) is 12.0. The highest BCUT2D eigenvalue weighted by molar-refractivity contribution is 7.92. The van der Waals surface area contributed by atoms with E-state index in [9.17, 15) is 13.2 Å². The number of nitrogens with one attached hydrogen (secondary N) is 1. The molecule has 9 heteroatoms. The molecule has 152 valence electrons. The quantitative estimate of drug-likeness (QED) is 0.721. The highest BCUT2D eigenvalue weighted by Crippen LogP contribution is 2.35. The molecule has 1 N–H and O–H groups in total. The van der Waals surface area contributed by atoms with Crippen molar-refractivity contribution in [3.63, 3.8) is 0 Å². The van der Waals surface area contributed by atoms with E-state index in [1.165, 1.54) is 34.3 Å². The summed E-state index contributed by atoms with van der Waals surface area (Å²) in [5.74, 6) is 0.665. The number of nitrogens with zero attached hydrogens (tertiary/aromatic N) is 1. The van der Waals surface area contributed by atoms with Gasteiger partial charge in [-0.25, -0.2) is 8.42 Å². The first-order valence-electron chi connectivity index (χ1n) is 8.38. The van der Waals surface area contributed by atoms with Crippen LogP contribution in [0.3, 0.4) is 0 Å². The van der Waals surface area contributed by atoms with E-state index in [0.29, 0.717) is 22.9 Å². The zero-order valence-corrected chi connectivity index (χ0v) is 17.2. The van der Waals surface area contributed by atoms with Gasteiger partial charge in [0.15, 0.2) is 0 Å². The molecule has 1 atom stereocenters. The molecule has 2 rings (SSSR count). The van der Waals surface area contributed by atoms with Crippen LogP contribution in [0.25, 0.3) is 0 Å². The number of amides is 1. The van der Waals surface area contributed by atoms with E-state index in [-0.39, 0.29) is 5.69 Å². The Morgan fingerprint density at radius 3 is 2.21 bits per heavy atom. The van der Waals surface area contributed by atoms with Crippen molar-refractivity contribution in [2.24, 2.45) is 0 Å². The molecule has 0 saturated carbocycles. The van der Waals surface area contributed by atoms with E-state index in [0.717, 1.165) is 10.6 Å². The summed E-state index contributed by atoms with van der Waals surface area (Å²) in [6, 6.07) is 10.5. The maximum absolute atomic E-state index is 12.9. The first kappa shape index (κ1) is 21.4. The number of rotatable bonds is 8. The van der Waals surface area contributed by atoms with E-state index >= 15 is 0 Å². The smallest absolute Gasteiger partial charge is 0.248 e. The third-order valence-electron chi connectivity index (χ3n) is 4.08. The second-order valence-corrected chi connectivity index (χ2v) is 7.82. The van der Waals surface area contributed by atoms with Crippen LogP contribution in [0.15, 0.2) is 42.5 Å². The molecule has 2 aromatic rings. The Balaban J connectivity index is 2.45. The lowest BCUT2D eigenvalue weighted by Gasteiger charge is -2.29. The maximum Gasteiger partial charge on any atom is 0.248 e. The maximum atomic E-state index is 12.9. The van der Waals surface area contributed by atoms with E-state index in [1.54, 1.807) is 36.4 Å². The van der Waals surface area contributed by atoms with Crippen LogP contribution in [0, 0.1) is 0 Å². The SMILES string of the molecule is COc1ccc(OC)c(N([C@@H](C)C(=O)Nc2ccccc2OC)S(C)(=O)=O)c1. The van der Waals surface area contributed by atoms with Crippen molar-refractivity contribution >= 4 is 27.3 Å². The predicted octanol–water partition coefficient (Wildman–Crippen LogP) is 2.51. The summed E-state index contributed by atoms with van der Waals surface area (Å²) in [4.78, 5) is 12.9. The Bertz CT molecular complexity index is 945. The topological polar surface area (TPSA) is 94.2 Å². The molecule has 28 heavy (non-hydrogen) atoms. The van der Waals surface area contributed by atoms with Crippen molar-refractivity contribution in [2.75, 3.05) is 37.2 Å². The van der Waals surface area contributed by atoms with E-state index in [2.05, 4.69) is 5.32 Å². The van der Waals surface area contributed by atoms with Crippen LogP contribution in [0.4, 0.5) is 11.4 Å². The fourth-order valence-corrected chi connectivity index (χ4v) is 3.91. The fraction of sp³-hybridized carbons (Fsp3) is 0.316. The third-order valence-corrected chi connectivity index (χ3v) is 5.30. The molecule has 0 heterocycles. The third kappa shape index (κ3) is 4.66. The minimum Gasteiger partial charge on any atom is -0.497 e. The van der Waals surface area contributed by atoms with Gasteiger partial charge >= 0.3 is 0 Å². The van der Waals surface area contributed by atoms with Gasteiger partial charge in [0.1, 0.15) is 23.3 Å². The van der Waals surface area contributed by atoms with Gasteiger partial charge in [-0.3, -0.25) is 9.10 Å². The van der Waals surface area contributed by atoms with Gasteiger partial charge < -0.3 is 19.5 Å². The number of methoxy groups -OCH3 is 3. The van der Waals surface area contributed by atoms with Gasteiger partial charge in [-0.05, 0) is 31.2 Å². The van der Waals surface area contributed by atoms with Gasteiger partial charge in [0, 0.05) is 6.07 Å². The van der Waals surface area contributed by atoms with E-state index in [4.69, 9.17) is 14.2 Å². The molecule has 0 aromatic heterocycles. The Labute approximate surface area is 165 Å². The molecule has 0 unspecified atom stereocenters. The molecule has 0 fully saturated rings. The van der Waals surface area contributed by atoms with Crippen molar-refractivity contribution < 1.29 is 27.4 Å². The number of hydrogen-bond donors (Lipinski definition) is 1. The van der Waals surface area contributed by atoms with Gasteiger partial charge in [0.05, 0.1) is 39.0 Å². The fourth-order valence-electron chi connectivity index (χ4n) is 2.74. The van der Waals surface area contributed by atoms with Crippen LogP contribution in [-0.2, 0) is 14.8 Å². The number of carbonyl (C=O) groups excluding carboxylic acids is 1. The molecule has 0 aliphatic heterocycles. The van der Waals surface area contributed by atoms with Gasteiger partial charge in [0.2, 0.25) is 15.9 Å². The number of para-hydroxylation sites is 2. The van der Waals surface area contributed by atoms with Crippen molar-refractivity contribution in [3.8, 4) is 17.2 Å². The van der Waals surface area contributed by atoms with Crippen LogP contribution in [0.5, 0.6) is 17.2 Å². The van der Waals surface area contributed by atoms with Crippen LogP contribution >= 0.6 is 0 Å². The largest absolute Gasteiger partial charge is 0.497 e. The van der Waals surface area contributed by atoms with Gasteiger partial charge in [-0.1, -0.05) is 12.1 Å². The molecule has 0 aliphatic rings. The standard InChI is InChI=1S/C19H24N2O6S/c1-13(19(22)20-15-8-6-7-9-17(15)26-3)21(28(5,23)24)16-12-14(25-2)10-11-18(16)27-4/h6-13H,1-5H3,(H,20,22)/t13-/m0/s1. The summed E-state index contributed by atoms with van der Waals surface area (Å²) in [5.41, 5.74) is 0.639. The molecule has 8 nitrogen and oxygen atoms in total. The number of anilines is 2. The summed E-state index contributed by atoms with van der Waals surface area (Å²) >= 11 is 0. The molecule has 0 spiro atoms. The summed E-state index contributed by atoms with van der Waals surface area (Å²) in [6.07, 6.45) is 1.03. The van der Waals surface area contributed by atoms with Crippen molar-refractivity contribution in [1.29, 1.82) is 0 Å². The van der Waals surface area contributed by atoms with Crippen LogP contribution in [0.2, 0.25) is 0 Å². The zero-order chi connectivity index (χ0) is 20.9. The van der Waals surface area contributed by atoms with Crippen LogP contribution < -0.4 is 23.8 Å². The zero-order valence-electron chi connectivity index (χ0n) is 16.4. The Morgan fingerprint density at radius 2 is 1.64 bits per heavy atom. The number of carbonyl (C=O) groups is 1. The van der Waals surface area contributed by atoms with Crippen LogP contribution in [-0.4, -0.2) is 48.0 Å². The highest BCUT2D eigenvalue weighted by Gasteiger charge is 2.32. The monoisotopic (exact) mass is 408 g/mol. The molecule has 0 bridgehead atoms. The predicted molar refractivity (Wildman–Crippen MR) is 108 cm³/mol. The Hall–Kier alpha value is -2.94. The molecular weight excluding hydrogens is 384 g/mol. The molecule has 0 saturated heterocycles. The molecule has 0 aliphatic carbocycles. The molecule has 0 radical (unpaired) electrons. The summed E-state index contributed by atoms with van der Waals surface area (Å²) < 4.78 is 41.8. The van der Waals surface area contributed by atoms with E-state index in [1.807, 2.05) is 0 Å². The Morgan fingerprint density at radius 1 is 1.00 bits per heavy atom. The van der Waals surface area contributed by atoms with Crippen molar-refractivity contribution in [3.05, 3.63) is 42.5 Å². The molecular formula is C19H24N2O6S. The van der Waals surface area contributed by atoms with Crippen molar-refractivity contribution in [1.82, 2.24) is 0 Å². The summed E-state index contributed by atoms with van der Waals surface area (Å²) in [5, 5.41) is 2.71. The molecule has 1 amide bonds. The Kier molecular flexibility index (Phi) is 6.74. The second-order valence-electron chi connectivity index (χ2n) is 5.96. The number of ether oxygens (including phenoxy) is 3. The number of benzene rings is 2. The minimum atomic E-state index is -3.82. The van der Waals surface area contributed by atoms with E-state index < -0.39 is 22.0 Å². The lowest BCUT2D eigenvalue weighted by atomic mass is 10.2. The average molecular weight is 408 g/mol.